The van der Waals surface area contributed by atoms with Crippen molar-refractivity contribution in [3.8, 4) is 35.1 Å². The minimum Gasteiger partial charge on any atom is -0.477 e. The summed E-state index contributed by atoms with van der Waals surface area (Å²) >= 11 is 0. The van der Waals surface area contributed by atoms with Crippen LogP contribution in [0, 0.1) is 22.3 Å². The number of carbonyl (C=O) groups is 3. The first-order chi connectivity index (χ1) is 58.5. The SMILES string of the molecule is CC1(CCOc2ccn(-c3ccc4c(n3)N3CC(CC3(C)C)OCCNC3=[C+]C=CC(=N3)S(=O)(=O)NC4=O)n2)CC1.CC1(CCOc2ccn(-c3ccc4c(n3)N3CC(CC3(C)C)OCCNc3cccc(n3)S(=O)(=O)NC4=O)n2)CC1.CC1(CCOc2ccn(-c3ccc4c(n3)N3CC(CC3(C)C)OCCNc3cccc(n3)S(=O)(=O)NC4=O)n2)CC1. The summed E-state index contributed by atoms with van der Waals surface area (Å²) in [5.41, 5.74) is 0.260. The first-order valence-corrected chi connectivity index (χ1v) is 46.0. The molecule has 3 saturated carbocycles. The second-order valence-electron chi connectivity index (χ2n) is 35.6. The van der Waals surface area contributed by atoms with Crippen molar-refractivity contribution in [2.45, 2.75) is 184 Å². The molecule has 123 heavy (non-hydrogen) atoms. The van der Waals surface area contributed by atoms with Crippen LogP contribution in [0.4, 0.5) is 29.1 Å². The first kappa shape index (κ1) is 85.3. The molecule has 6 fully saturated rings. The Hall–Kier alpha value is -11.2. The number of hydrogen-bond donors (Lipinski definition) is 6. The summed E-state index contributed by atoms with van der Waals surface area (Å²) in [5.74, 6) is 2.53. The Kier molecular flexibility index (Phi) is 23.4. The number of sulfonamides is 3. The summed E-state index contributed by atoms with van der Waals surface area (Å²) in [7, 11) is -12.8. The zero-order valence-corrected chi connectivity index (χ0v) is 72.8. The van der Waals surface area contributed by atoms with E-state index in [-0.39, 0.29) is 55.9 Å². The number of hydrogen-bond acceptors (Lipinski definition) is 30. The van der Waals surface area contributed by atoms with Gasteiger partial charge in [0, 0.05) is 92.7 Å². The van der Waals surface area contributed by atoms with E-state index in [9.17, 15) is 39.6 Å². The quantitative estimate of drug-likeness (QED) is 0.0522. The third-order valence-corrected chi connectivity index (χ3v) is 27.8. The van der Waals surface area contributed by atoms with Crippen LogP contribution in [0.3, 0.4) is 0 Å². The molecule has 36 nitrogen and oxygen atoms in total. The number of amides is 3. The minimum absolute atomic E-state index is 0.112. The summed E-state index contributed by atoms with van der Waals surface area (Å²) in [6, 6.07) is 24.1. The molecule has 8 aromatic heterocycles. The number of nitrogens with zero attached hydrogens (tertiary/aromatic N) is 15. The molecule has 10 aliphatic rings. The van der Waals surface area contributed by atoms with Crippen molar-refractivity contribution in [3.63, 3.8) is 0 Å². The van der Waals surface area contributed by atoms with Gasteiger partial charge in [-0.3, -0.25) is 14.4 Å². The summed E-state index contributed by atoms with van der Waals surface area (Å²) in [6.07, 6.45) is 23.0. The number of allylic oxidation sites excluding steroid dienone is 2. The van der Waals surface area contributed by atoms with Crippen molar-refractivity contribution in [2.24, 2.45) is 21.2 Å². The Bertz CT molecular complexity index is 5560. The number of fused-ring (bicyclic) bond motifs is 17. The molecule has 7 aliphatic heterocycles. The van der Waals surface area contributed by atoms with E-state index in [0.717, 1.165) is 19.3 Å². The molecule has 18 rings (SSSR count). The third-order valence-electron chi connectivity index (χ3n) is 24.1. The van der Waals surface area contributed by atoms with Gasteiger partial charge in [-0.2, -0.15) is 30.2 Å². The largest absolute Gasteiger partial charge is 0.477 e. The van der Waals surface area contributed by atoms with Crippen molar-refractivity contribution in [1.29, 1.82) is 0 Å². The van der Waals surface area contributed by atoms with Gasteiger partial charge in [0.15, 0.2) is 33.6 Å². The molecule has 8 aromatic rings. The maximum atomic E-state index is 13.5. The van der Waals surface area contributed by atoms with Gasteiger partial charge in [-0.25, -0.2) is 53.1 Å². The van der Waals surface area contributed by atoms with E-state index < -0.39 is 64.4 Å². The van der Waals surface area contributed by atoms with Crippen molar-refractivity contribution in [2.75, 3.05) is 104 Å². The molecule has 3 atom stereocenters. The molecule has 12 bridgehead atoms. The van der Waals surface area contributed by atoms with Gasteiger partial charge >= 0.3 is 10.0 Å². The van der Waals surface area contributed by atoms with Gasteiger partial charge in [-0.1, -0.05) is 32.9 Å². The van der Waals surface area contributed by atoms with Crippen LogP contribution < -0.4 is 59.0 Å². The van der Waals surface area contributed by atoms with E-state index in [1.54, 1.807) is 111 Å². The Labute approximate surface area is 714 Å². The third kappa shape index (κ3) is 20.0. The van der Waals surface area contributed by atoms with Crippen LogP contribution in [0.5, 0.6) is 17.6 Å². The predicted molar refractivity (Wildman–Crippen MR) is 456 cm³/mol. The smallest absolute Gasteiger partial charge is 0.301 e. The predicted octanol–water partition coefficient (Wildman–Crippen LogP) is 8.78. The fourth-order valence-corrected chi connectivity index (χ4v) is 18.6. The lowest BCUT2D eigenvalue weighted by Crippen LogP contribution is -2.42. The highest BCUT2D eigenvalue weighted by Crippen LogP contribution is 2.50. The summed E-state index contributed by atoms with van der Waals surface area (Å²) in [6.45, 7) is 24.8. The molecule has 0 aromatic carbocycles. The maximum Gasteiger partial charge on any atom is 0.301 e. The van der Waals surface area contributed by atoms with E-state index in [1.807, 2.05) is 14.7 Å². The molecule has 0 spiro atoms. The monoisotopic (exact) mass is 1740 g/mol. The van der Waals surface area contributed by atoms with Crippen molar-refractivity contribution < 1.29 is 68.1 Å². The lowest BCUT2D eigenvalue weighted by Gasteiger charge is -2.33. The average Bonchev–Trinajstić information content (AvgIpc) is 1.73. The summed E-state index contributed by atoms with van der Waals surface area (Å²) in [5, 5.41) is 22.0. The standard InChI is InChI=1S/2C28H35N7O5S.C28H33N7O5S/c3*1-27(2)17-19-18-34(27)25-20(26(36)33-41(37,38)24-6-4-5-21(30-24)29-13-16-39-19)7-8-22(31-25)35-14-9-23(32-35)40-15-12-28(3)10-11-28/h2*4-9,14,19H,10-13,15-18H2,1-3H3,(H,29,30)(H,33,36);4,6-9,14,19H,10-13,15-18H2,1-3H3,(H-,29,30,33,36)/p+1. The highest BCUT2D eigenvalue weighted by molar-refractivity contribution is 8.05. The fraction of sp³-hybridized carbons (Fsp3) is 0.500. The van der Waals surface area contributed by atoms with E-state index in [2.05, 4.69) is 129 Å². The van der Waals surface area contributed by atoms with Gasteiger partial charge in [0.1, 0.15) is 41.2 Å². The lowest BCUT2D eigenvalue weighted by molar-refractivity contribution is 0.0664. The van der Waals surface area contributed by atoms with E-state index in [1.165, 1.54) is 62.8 Å². The number of anilines is 5. The molecule has 6 N–H and O–H groups in total. The molecule has 15 heterocycles. The molecule has 3 aliphatic carbocycles. The summed E-state index contributed by atoms with van der Waals surface area (Å²) in [4.78, 5) is 73.6. The number of aromatic nitrogens is 11. The van der Waals surface area contributed by atoms with Crippen LogP contribution in [-0.2, 0) is 44.3 Å². The first-order valence-electron chi connectivity index (χ1n) is 41.6. The van der Waals surface area contributed by atoms with Gasteiger partial charge in [-0.15, -0.1) is 15.3 Å². The van der Waals surface area contributed by atoms with Gasteiger partial charge in [0.25, 0.3) is 48.6 Å². The van der Waals surface area contributed by atoms with E-state index in [4.69, 9.17) is 43.4 Å². The molecule has 3 saturated heterocycles. The number of pyridine rings is 5. The van der Waals surface area contributed by atoms with Crippen LogP contribution in [0.2, 0.25) is 0 Å². The van der Waals surface area contributed by atoms with Gasteiger partial charge in [0.2, 0.25) is 17.6 Å². The highest BCUT2D eigenvalue weighted by Gasteiger charge is 2.47. The van der Waals surface area contributed by atoms with Crippen LogP contribution in [0.25, 0.3) is 17.5 Å². The molecule has 652 valence electrons. The van der Waals surface area contributed by atoms with E-state index >= 15 is 0 Å². The van der Waals surface area contributed by atoms with Crippen LogP contribution >= 0.6 is 0 Å². The fourth-order valence-electron chi connectivity index (χ4n) is 15.8. The normalized spacial score (nSPS) is 23.0. The maximum absolute atomic E-state index is 13.5. The van der Waals surface area contributed by atoms with E-state index in [0.29, 0.717) is 179 Å². The Balaban J connectivity index is 0.000000137. The van der Waals surface area contributed by atoms with Crippen molar-refractivity contribution in [1.82, 2.24) is 73.7 Å². The topological polar surface area (TPSA) is 421 Å². The Morgan fingerprint density at radius 3 is 1.12 bits per heavy atom. The zero-order chi connectivity index (χ0) is 86.5. The second-order valence-corrected chi connectivity index (χ2v) is 40.5. The second kappa shape index (κ2) is 33.8. The zero-order valence-electron chi connectivity index (χ0n) is 70.3. The van der Waals surface area contributed by atoms with Gasteiger partial charge in [0.05, 0.1) is 74.6 Å². The number of carbonyl (C=O) groups excluding carboxylic acids is 3. The van der Waals surface area contributed by atoms with Crippen LogP contribution in [-0.4, -0.2) is 216 Å². The molecule has 3 unspecified atom stereocenters. The number of nitrogens with one attached hydrogen (secondary N) is 6. The van der Waals surface area contributed by atoms with Crippen molar-refractivity contribution in [3.05, 3.63) is 150 Å². The average molecular weight is 1740 g/mol. The lowest BCUT2D eigenvalue weighted by atomic mass is 10.0. The van der Waals surface area contributed by atoms with Gasteiger partial charge < -0.3 is 59.1 Å². The molecule has 3 amide bonds. The highest BCUT2D eigenvalue weighted by atomic mass is 32.2. The molecular weight excluding hydrogens is 1640 g/mol. The van der Waals surface area contributed by atoms with Crippen molar-refractivity contribution >= 4 is 81.9 Å². The molecule has 39 heteroatoms. The minimum atomic E-state index is -4.27. The summed E-state index contributed by atoms with van der Waals surface area (Å²) < 4.78 is 126. The van der Waals surface area contributed by atoms with Crippen LogP contribution in [0.1, 0.15) is 170 Å². The molecular formula is C84H104N21O15S3+. The Morgan fingerprint density at radius 1 is 0.431 bits per heavy atom. The number of ether oxygens (including phenoxy) is 6. The van der Waals surface area contributed by atoms with Crippen LogP contribution in [0.15, 0.2) is 143 Å². The number of aliphatic imine (C=N–C) groups is 1. The van der Waals surface area contributed by atoms with Gasteiger partial charge in [-0.05, 0) is 196 Å². The molecule has 0 radical (unpaired) electrons. The number of rotatable bonds is 15. The Morgan fingerprint density at radius 2 is 0.772 bits per heavy atom.